The number of ether oxygens (including phenoxy) is 1. The van der Waals surface area contributed by atoms with Gasteiger partial charge < -0.3 is 4.74 Å². The lowest BCUT2D eigenvalue weighted by atomic mass is 10.2. The van der Waals surface area contributed by atoms with E-state index in [0.29, 0.717) is 16.4 Å². The molecular weight excluding hydrogens is 326 g/mol. The van der Waals surface area contributed by atoms with Crippen molar-refractivity contribution in [3.8, 4) is 5.69 Å². The van der Waals surface area contributed by atoms with Gasteiger partial charge in [0.1, 0.15) is 5.56 Å². The van der Waals surface area contributed by atoms with Crippen molar-refractivity contribution in [2.24, 2.45) is 0 Å². The molecule has 122 valence electrons. The molecule has 0 unspecified atom stereocenters. The molecule has 0 aliphatic rings. The summed E-state index contributed by atoms with van der Waals surface area (Å²) in [5, 5.41) is 0.770. The summed E-state index contributed by atoms with van der Waals surface area (Å²) >= 11 is 1.34. The molecule has 0 fully saturated rings. The number of nitrogens with zero attached hydrogens (tertiary/aromatic N) is 3. The van der Waals surface area contributed by atoms with E-state index in [1.165, 1.54) is 28.7 Å². The topological polar surface area (TPSA) is 74.1 Å². The van der Waals surface area contributed by atoms with Crippen molar-refractivity contribution in [3.63, 3.8) is 0 Å². The SMILES string of the molecule is CCOC(=O)c1cn(-c2ccccc2)c(=O)c2cnc(SC)nc12. The fourth-order valence-electron chi connectivity index (χ4n) is 2.34. The van der Waals surface area contributed by atoms with Gasteiger partial charge in [-0.1, -0.05) is 30.0 Å². The van der Waals surface area contributed by atoms with Crippen molar-refractivity contribution in [1.82, 2.24) is 14.5 Å². The molecule has 0 bridgehead atoms. The van der Waals surface area contributed by atoms with E-state index in [2.05, 4.69) is 9.97 Å². The van der Waals surface area contributed by atoms with E-state index >= 15 is 0 Å². The fourth-order valence-corrected chi connectivity index (χ4v) is 2.68. The highest BCUT2D eigenvalue weighted by molar-refractivity contribution is 7.98. The van der Waals surface area contributed by atoms with Crippen LogP contribution in [0.2, 0.25) is 0 Å². The van der Waals surface area contributed by atoms with Crippen LogP contribution in [0.3, 0.4) is 0 Å². The van der Waals surface area contributed by atoms with Crippen LogP contribution in [-0.2, 0) is 4.74 Å². The van der Waals surface area contributed by atoms with Crippen molar-refractivity contribution in [2.75, 3.05) is 12.9 Å². The summed E-state index contributed by atoms with van der Waals surface area (Å²) < 4.78 is 6.53. The minimum atomic E-state index is -0.516. The van der Waals surface area contributed by atoms with Crippen LogP contribution >= 0.6 is 11.8 Å². The van der Waals surface area contributed by atoms with Crippen molar-refractivity contribution in [2.45, 2.75) is 12.1 Å². The molecule has 6 nitrogen and oxygen atoms in total. The van der Waals surface area contributed by atoms with E-state index < -0.39 is 5.97 Å². The first-order valence-electron chi connectivity index (χ1n) is 7.34. The van der Waals surface area contributed by atoms with E-state index in [9.17, 15) is 9.59 Å². The summed E-state index contributed by atoms with van der Waals surface area (Å²) in [6.07, 6.45) is 4.77. The summed E-state index contributed by atoms with van der Waals surface area (Å²) in [5.41, 5.74) is 0.929. The van der Waals surface area contributed by atoms with Gasteiger partial charge in [-0.15, -0.1) is 0 Å². The molecule has 0 amide bonds. The normalized spacial score (nSPS) is 10.8. The summed E-state index contributed by atoms with van der Waals surface area (Å²) in [6, 6.07) is 9.08. The number of hydrogen-bond acceptors (Lipinski definition) is 6. The summed E-state index contributed by atoms with van der Waals surface area (Å²) in [6.45, 7) is 1.97. The third kappa shape index (κ3) is 2.90. The van der Waals surface area contributed by atoms with Gasteiger partial charge in [0.05, 0.1) is 17.5 Å². The zero-order chi connectivity index (χ0) is 17.1. The van der Waals surface area contributed by atoms with Crippen LogP contribution in [0, 0.1) is 0 Å². The number of pyridine rings is 1. The van der Waals surface area contributed by atoms with Crippen molar-refractivity contribution < 1.29 is 9.53 Å². The summed E-state index contributed by atoms with van der Waals surface area (Å²) in [7, 11) is 0. The summed E-state index contributed by atoms with van der Waals surface area (Å²) in [5.74, 6) is -0.516. The van der Waals surface area contributed by atoms with E-state index in [1.54, 1.807) is 19.1 Å². The van der Waals surface area contributed by atoms with E-state index in [4.69, 9.17) is 4.74 Å². The van der Waals surface area contributed by atoms with Crippen molar-refractivity contribution in [3.05, 3.63) is 58.6 Å². The molecule has 0 radical (unpaired) electrons. The molecular formula is C17H15N3O3S. The lowest BCUT2D eigenvalue weighted by Crippen LogP contribution is -2.22. The summed E-state index contributed by atoms with van der Waals surface area (Å²) in [4.78, 5) is 33.6. The second-order valence-electron chi connectivity index (χ2n) is 4.89. The van der Waals surface area contributed by atoms with Crippen LogP contribution in [0.5, 0.6) is 0 Å². The van der Waals surface area contributed by atoms with Gasteiger partial charge in [-0.3, -0.25) is 9.36 Å². The van der Waals surface area contributed by atoms with Crippen molar-refractivity contribution in [1.29, 1.82) is 0 Å². The van der Waals surface area contributed by atoms with Crippen LogP contribution in [0.1, 0.15) is 17.3 Å². The first-order valence-corrected chi connectivity index (χ1v) is 8.57. The van der Waals surface area contributed by atoms with Gasteiger partial charge in [0.25, 0.3) is 5.56 Å². The highest BCUT2D eigenvalue weighted by Gasteiger charge is 2.18. The Labute approximate surface area is 142 Å². The van der Waals surface area contributed by atoms with Crippen LogP contribution in [0.4, 0.5) is 0 Å². The molecule has 2 aromatic heterocycles. The number of thioether (sulfide) groups is 1. The minimum Gasteiger partial charge on any atom is -0.462 e. The molecule has 0 N–H and O–H groups in total. The molecule has 0 saturated carbocycles. The Kier molecular flexibility index (Phi) is 4.61. The lowest BCUT2D eigenvalue weighted by Gasteiger charge is -2.11. The molecule has 0 atom stereocenters. The number of carbonyl (C=O) groups excluding carboxylic acids is 1. The Morgan fingerprint density at radius 1 is 1.29 bits per heavy atom. The molecule has 0 saturated heterocycles. The average molecular weight is 341 g/mol. The Bertz CT molecular complexity index is 954. The van der Waals surface area contributed by atoms with Gasteiger partial charge in [-0.05, 0) is 25.3 Å². The molecule has 2 heterocycles. The first kappa shape index (κ1) is 16.2. The van der Waals surface area contributed by atoms with Gasteiger partial charge in [-0.2, -0.15) is 0 Å². The maximum Gasteiger partial charge on any atom is 0.341 e. The van der Waals surface area contributed by atoms with E-state index in [1.807, 2.05) is 24.5 Å². The number of fused-ring (bicyclic) bond motifs is 1. The third-order valence-corrected chi connectivity index (χ3v) is 4.00. The fraction of sp³-hybridized carbons (Fsp3) is 0.176. The smallest absolute Gasteiger partial charge is 0.341 e. The minimum absolute atomic E-state index is 0.241. The van der Waals surface area contributed by atoms with Crippen LogP contribution in [0.15, 0.2) is 52.7 Å². The van der Waals surface area contributed by atoms with Crippen molar-refractivity contribution >= 4 is 28.6 Å². The molecule has 0 aliphatic heterocycles. The second kappa shape index (κ2) is 6.84. The molecule has 0 spiro atoms. The van der Waals surface area contributed by atoms with Crippen LogP contribution < -0.4 is 5.56 Å². The van der Waals surface area contributed by atoms with Gasteiger partial charge in [-0.25, -0.2) is 14.8 Å². The second-order valence-corrected chi connectivity index (χ2v) is 5.67. The maximum atomic E-state index is 12.8. The highest BCUT2D eigenvalue weighted by Crippen LogP contribution is 2.19. The zero-order valence-electron chi connectivity index (χ0n) is 13.2. The molecule has 24 heavy (non-hydrogen) atoms. The Morgan fingerprint density at radius 2 is 2.04 bits per heavy atom. The molecule has 3 rings (SSSR count). The number of rotatable bonds is 4. The van der Waals surface area contributed by atoms with E-state index in [0.717, 1.165) is 0 Å². The molecule has 7 heteroatoms. The number of para-hydroxylation sites is 1. The predicted octanol–water partition coefficient (Wildman–Crippen LogP) is 2.68. The number of esters is 1. The monoisotopic (exact) mass is 341 g/mol. The quantitative estimate of drug-likeness (QED) is 0.413. The Morgan fingerprint density at radius 3 is 2.71 bits per heavy atom. The number of benzene rings is 1. The molecule has 1 aromatic carbocycles. The van der Waals surface area contributed by atoms with Crippen LogP contribution in [-0.4, -0.2) is 33.4 Å². The standard InChI is InChI=1S/C17H15N3O3S/c1-3-23-16(22)13-10-20(11-7-5-4-6-8-11)15(21)12-9-18-17(24-2)19-14(12)13/h4-10H,3H2,1-2H3. The lowest BCUT2D eigenvalue weighted by molar-refractivity contribution is 0.0527. The van der Waals surface area contributed by atoms with Gasteiger partial charge in [0, 0.05) is 18.1 Å². The highest BCUT2D eigenvalue weighted by atomic mass is 32.2. The number of hydrogen-bond donors (Lipinski definition) is 0. The zero-order valence-corrected chi connectivity index (χ0v) is 14.0. The van der Waals surface area contributed by atoms with Gasteiger partial charge >= 0.3 is 5.97 Å². The molecule has 3 aromatic rings. The van der Waals surface area contributed by atoms with Gasteiger partial charge in [0.15, 0.2) is 5.16 Å². The number of aromatic nitrogens is 3. The largest absolute Gasteiger partial charge is 0.462 e. The van der Waals surface area contributed by atoms with E-state index in [-0.39, 0.29) is 23.1 Å². The van der Waals surface area contributed by atoms with Crippen LogP contribution in [0.25, 0.3) is 16.6 Å². The predicted molar refractivity (Wildman–Crippen MR) is 92.9 cm³/mol. The molecule has 0 aliphatic carbocycles. The average Bonchev–Trinajstić information content (AvgIpc) is 2.62. The number of carbonyl (C=O) groups is 1. The Hall–Kier alpha value is -2.67. The third-order valence-electron chi connectivity index (χ3n) is 3.44. The Balaban J connectivity index is 2.34. The van der Waals surface area contributed by atoms with Gasteiger partial charge in [0.2, 0.25) is 0 Å². The maximum absolute atomic E-state index is 12.8. The first-order chi connectivity index (χ1) is 11.7.